The fourth-order valence-electron chi connectivity index (χ4n) is 1.85. The molecule has 0 unspecified atom stereocenters. The second kappa shape index (κ2) is 9.83. The topological polar surface area (TPSA) is 166 Å². The van der Waals surface area contributed by atoms with E-state index in [0.29, 0.717) is 17.1 Å². The Kier molecular flexibility index (Phi) is 7.22. The van der Waals surface area contributed by atoms with Crippen LogP contribution in [0.3, 0.4) is 0 Å². The number of nitrogens with zero attached hydrogens (tertiary/aromatic N) is 3. The third-order valence-electron chi connectivity index (χ3n) is 3.31. The molecule has 0 saturated carbocycles. The van der Waals surface area contributed by atoms with Crippen molar-refractivity contribution >= 4 is 35.0 Å². The van der Waals surface area contributed by atoms with Gasteiger partial charge in [-0.25, -0.2) is 9.78 Å². The number of anilines is 2. The van der Waals surface area contributed by atoms with Crippen LogP contribution in [-0.2, 0) is 9.53 Å². The minimum atomic E-state index is -0.675. The number of nitrogens with one attached hydrogen (secondary N) is 2. The van der Waals surface area contributed by atoms with E-state index in [1.54, 1.807) is 37.3 Å². The minimum Gasteiger partial charge on any atom is -0.455 e. The van der Waals surface area contributed by atoms with E-state index in [1.807, 2.05) is 0 Å². The van der Waals surface area contributed by atoms with Crippen molar-refractivity contribution in [1.29, 1.82) is 0 Å². The molecule has 1 atom stereocenters. The van der Waals surface area contributed by atoms with Gasteiger partial charge in [-0.3, -0.25) is 4.79 Å². The zero-order chi connectivity index (χ0) is 20.5. The highest BCUT2D eigenvalue weighted by Crippen LogP contribution is 2.30. The molecular weight excluding hydrogens is 366 g/mol. The summed E-state index contributed by atoms with van der Waals surface area (Å²) in [5.74, 6) is 0.315. The van der Waals surface area contributed by atoms with E-state index in [-0.39, 0.29) is 24.3 Å². The van der Waals surface area contributed by atoms with Crippen molar-refractivity contribution in [1.82, 2.24) is 10.3 Å². The molecule has 0 aliphatic carbocycles. The molecule has 0 bridgehead atoms. The lowest BCUT2D eigenvalue weighted by molar-refractivity contribution is -0.117. The van der Waals surface area contributed by atoms with Gasteiger partial charge in [0.15, 0.2) is 11.6 Å². The van der Waals surface area contributed by atoms with Gasteiger partial charge in [0.2, 0.25) is 12.7 Å². The van der Waals surface area contributed by atoms with Crippen LogP contribution >= 0.6 is 0 Å². The predicted molar refractivity (Wildman–Crippen MR) is 103 cm³/mol. The van der Waals surface area contributed by atoms with E-state index in [4.69, 9.17) is 20.9 Å². The first kappa shape index (κ1) is 20.6. The molecule has 11 nitrogen and oxygen atoms in total. The lowest BCUT2D eigenvalue weighted by Crippen LogP contribution is -2.32. The van der Waals surface area contributed by atoms with Gasteiger partial charge in [-0.15, -0.1) is 10.2 Å². The van der Waals surface area contributed by atoms with Crippen LogP contribution in [-0.4, -0.2) is 36.9 Å². The smallest absolute Gasteiger partial charge is 0.409 e. The van der Waals surface area contributed by atoms with E-state index in [2.05, 4.69) is 25.8 Å². The maximum Gasteiger partial charge on any atom is 0.409 e. The molecular formula is C17H21N7O4. The summed E-state index contributed by atoms with van der Waals surface area (Å²) in [7, 11) is 1.44. The Morgan fingerprint density at radius 2 is 1.89 bits per heavy atom. The second-order valence-corrected chi connectivity index (χ2v) is 5.49. The van der Waals surface area contributed by atoms with Gasteiger partial charge in [-0.05, 0) is 31.2 Å². The van der Waals surface area contributed by atoms with Crippen molar-refractivity contribution in [2.75, 3.05) is 24.9 Å². The quantitative estimate of drug-likeness (QED) is 0.416. The maximum atomic E-state index is 11.6. The van der Waals surface area contributed by atoms with Crippen LogP contribution in [0.5, 0.6) is 5.75 Å². The lowest BCUT2D eigenvalue weighted by Gasteiger charge is -2.09. The Balaban J connectivity index is 2.09. The van der Waals surface area contributed by atoms with E-state index in [1.165, 1.54) is 13.1 Å². The number of hydrogen-bond donors (Lipinski definition) is 4. The summed E-state index contributed by atoms with van der Waals surface area (Å²) in [5, 5.41) is 13.0. The molecule has 1 aromatic carbocycles. The van der Waals surface area contributed by atoms with E-state index in [9.17, 15) is 9.59 Å². The monoisotopic (exact) mass is 387 g/mol. The Morgan fingerprint density at radius 1 is 1.18 bits per heavy atom. The van der Waals surface area contributed by atoms with Crippen molar-refractivity contribution in [3.63, 3.8) is 0 Å². The summed E-state index contributed by atoms with van der Waals surface area (Å²) in [6.45, 7) is 1.27. The van der Waals surface area contributed by atoms with E-state index >= 15 is 0 Å². The number of alkyl carbamates (subject to hydrolysis) is 1. The summed E-state index contributed by atoms with van der Waals surface area (Å²) in [6.07, 6.45) is -0.617. The number of rotatable bonds is 7. The first-order valence-electron chi connectivity index (χ1n) is 8.21. The van der Waals surface area contributed by atoms with Crippen LogP contribution in [0.4, 0.5) is 27.8 Å². The molecule has 0 aliphatic rings. The number of hydrogen-bond acceptors (Lipinski definition) is 9. The molecule has 0 radical (unpaired) electrons. The molecule has 0 fully saturated rings. The molecule has 0 spiro atoms. The fourth-order valence-corrected chi connectivity index (χ4v) is 1.85. The number of para-hydroxylation sites is 1. The predicted octanol–water partition coefficient (Wildman–Crippen LogP) is 2.06. The number of nitrogen functional groups attached to an aromatic ring is 1. The van der Waals surface area contributed by atoms with Gasteiger partial charge in [0, 0.05) is 7.05 Å². The zero-order valence-corrected chi connectivity index (χ0v) is 15.4. The molecule has 2 aromatic rings. The highest BCUT2D eigenvalue weighted by Gasteiger charge is 2.10. The van der Waals surface area contributed by atoms with Crippen LogP contribution in [0.25, 0.3) is 0 Å². The number of carbonyl (C=O) groups excluding carboxylic acids is 2. The summed E-state index contributed by atoms with van der Waals surface area (Å²) >= 11 is 0. The molecule has 0 saturated heterocycles. The Hall–Kier alpha value is -3.73. The Bertz CT molecular complexity index is 870. The average Bonchev–Trinajstić information content (AvgIpc) is 2.68. The van der Waals surface area contributed by atoms with Crippen LogP contribution in [0.1, 0.15) is 6.92 Å². The standard InChI is InChI=1S/C17H21N7O4/c1-10(18)16(25)22-14-8-7-12(15(19)21-14)24-23-11-5-3-4-6-13(11)27-9-28-17(26)20-2/h3-8,10H,9,18H2,1-2H3,(H,20,26)(H3,19,21,22,25)/b24-23+/t10-/m0/s1. The van der Waals surface area contributed by atoms with Crippen LogP contribution in [0.2, 0.25) is 0 Å². The molecule has 1 heterocycles. The molecule has 0 aliphatic heterocycles. The van der Waals surface area contributed by atoms with Gasteiger partial charge < -0.3 is 31.6 Å². The molecule has 28 heavy (non-hydrogen) atoms. The van der Waals surface area contributed by atoms with Crippen molar-refractivity contribution in [3.8, 4) is 5.75 Å². The van der Waals surface area contributed by atoms with Crippen LogP contribution in [0.15, 0.2) is 46.6 Å². The second-order valence-electron chi connectivity index (χ2n) is 5.49. The van der Waals surface area contributed by atoms with Gasteiger partial charge in [-0.1, -0.05) is 12.1 Å². The van der Waals surface area contributed by atoms with Gasteiger partial charge in [-0.2, -0.15) is 0 Å². The number of azo groups is 1. The third kappa shape index (κ3) is 5.92. The number of carbonyl (C=O) groups is 2. The Morgan fingerprint density at radius 3 is 2.57 bits per heavy atom. The summed E-state index contributed by atoms with van der Waals surface area (Å²) in [5.41, 5.74) is 12.1. The molecule has 2 amide bonds. The number of pyridine rings is 1. The maximum absolute atomic E-state index is 11.6. The summed E-state index contributed by atoms with van der Waals surface area (Å²) in [4.78, 5) is 26.7. The number of benzene rings is 1. The van der Waals surface area contributed by atoms with Gasteiger partial charge in [0.1, 0.15) is 17.2 Å². The third-order valence-corrected chi connectivity index (χ3v) is 3.31. The number of nitrogens with two attached hydrogens (primary N) is 2. The van der Waals surface area contributed by atoms with Crippen LogP contribution < -0.4 is 26.8 Å². The first-order chi connectivity index (χ1) is 13.4. The SMILES string of the molecule is CNC(=O)OCOc1ccccc1/N=N/c1ccc(NC(=O)[C@H](C)N)nc1N. The largest absolute Gasteiger partial charge is 0.455 e. The summed E-state index contributed by atoms with van der Waals surface area (Å²) < 4.78 is 10.1. The zero-order valence-electron chi connectivity index (χ0n) is 15.4. The highest BCUT2D eigenvalue weighted by atomic mass is 16.7. The van der Waals surface area contributed by atoms with E-state index in [0.717, 1.165) is 0 Å². The number of amides is 2. The average molecular weight is 387 g/mol. The van der Waals surface area contributed by atoms with E-state index < -0.39 is 12.1 Å². The molecule has 1 aromatic heterocycles. The van der Waals surface area contributed by atoms with Gasteiger partial charge >= 0.3 is 6.09 Å². The number of ether oxygens (including phenoxy) is 2. The first-order valence-corrected chi connectivity index (χ1v) is 8.21. The van der Waals surface area contributed by atoms with Crippen molar-refractivity contribution in [2.24, 2.45) is 16.0 Å². The van der Waals surface area contributed by atoms with Crippen molar-refractivity contribution in [3.05, 3.63) is 36.4 Å². The molecule has 6 N–H and O–H groups in total. The highest BCUT2D eigenvalue weighted by molar-refractivity contribution is 5.93. The van der Waals surface area contributed by atoms with Crippen molar-refractivity contribution < 1.29 is 19.1 Å². The Labute approximate surface area is 161 Å². The molecule has 148 valence electrons. The number of aromatic nitrogens is 1. The fraction of sp³-hybridized carbons (Fsp3) is 0.235. The van der Waals surface area contributed by atoms with Crippen LogP contribution in [0, 0.1) is 0 Å². The normalized spacial score (nSPS) is 11.7. The summed E-state index contributed by atoms with van der Waals surface area (Å²) in [6, 6.07) is 9.21. The van der Waals surface area contributed by atoms with Gasteiger partial charge in [0.25, 0.3) is 0 Å². The molecule has 11 heteroatoms. The van der Waals surface area contributed by atoms with Gasteiger partial charge in [0.05, 0.1) is 6.04 Å². The lowest BCUT2D eigenvalue weighted by atomic mass is 10.3. The van der Waals surface area contributed by atoms with Crippen molar-refractivity contribution in [2.45, 2.75) is 13.0 Å². The minimum absolute atomic E-state index is 0.0765. The molecule has 2 rings (SSSR count).